The second kappa shape index (κ2) is 3.91. The molecule has 0 unspecified atom stereocenters. The molecule has 1 aliphatic rings. The van der Waals surface area contributed by atoms with E-state index in [0.29, 0.717) is 32.1 Å². The molecule has 8 nitrogen and oxygen atoms in total. The standard InChI is InChI=1S/C7H14N6O2S/c1-16(14,15)13-4-2-12(3-5-13)7-9-6(8)10-11-7/h2-5H2,1H3,(H3,8,9,10,11). The zero-order chi connectivity index (χ0) is 11.8. The molecule has 16 heavy (non-hydrogen) atoms. The number of aromatic nitrogens is 3. The zero-order valence-corrected chi connectivity index (χ0v) is 9.74. The van der Waals surface area contributed by atoms with E-state index >= 15 is 0 Å². The van der Waals surface area contributed by atoms with Crippen LogP contribution in [0.25, 0.3) is 0 Å². The Labute approximate surface area is 93.5 Å². The molecule has 9 heteroatoms. The van der Waals surface area contributed by atoms with Crippen molar-refractivity contribution in [3.63, 3.8) is 0 Å². The van der Waals surface area contributed by atoms with Crippen molar-refractivity contribution in [3.05, 3.63) is 0 Å². The molecule has 0 aliphatic carbocycles. The van der Waals surface area contributed by atoms with Crippen molar-refractivity contribution in [1.29, 1.82) is 0 Å². The van der Waals surface area contributed by atoms with Gasteiger partial charge < -0.3 is 10.6 Å². The molecule has 1 aromatic rings. The van der Waals surface area contributed by atoms with Crippen molar-refractivity contribution in [1.82, 2.24) is 19.5 Å². The summed E-state index contributed by atoms with van der Waals surface area (Å²) in [6.07, 6.45) is 1.22. The summed E-state index contributed by atoms with van der Waals surface area (Å²) in [7, 11) is -3.09. The highest BCUT2D eigenvalue weighted by Crippen LogP contribution is 2.12. The summed E-state index contributed by atoms with van der Waals surface area (Å²) in [5, 5.41) is 6.47. The van der Waals surface area contributed by atoms with Gasteiger partial charge in [0.15, 0.2) is 0 Å². The van der Waals surface area contributed by atoms with E-state index in [1.807, 2.05) is 4.90 Å². The first-order valence-corrected chi connectivity index (χ1v) is 6.69. The molecule has 0 spiro atoms. The number of hydrogen-bond acceptors (Lipinski definition) is 6. The highest BCUT2D eigenvalue weighted by atomic mass is 32.2. The number of aromatic amines is 1. The Kier molecular flexibility index (Phi) is 2.72. The van der Waals surface area contributed by atoms with Crippen LogP contribution in [0.15, 0.2) is 0 Å². The van der Waals surface area contributed by atoms with Crippen LogP contribution in [-0.4, -0.2) is 60.3 Å². The van der Waals surface area contributed by atoms with Crippen LogP contribution in [0.4, 0.5) is 11.9 Å². The molecule has 0 atom stereocenters. The van der Waals surface area contributed by atoms with Gasteiger partial charge in [-0.25, -0.2) is 13.5 Å². The fraction of sp³-hybridized carbons (Fsp3) is 0.714. The summed E-state index contributed by atoms with van der Waals surface area (Å²) >= 11 is 0. The van der Waals surface area contributed by atoms with E-state index in [1.54, 1.807) is 0 Å². The highest BCUT2D eigenvalue weighted by molar-refractivity contribution is 7.88. The van der Waals surface area contributed by atoms with Gasteiger partial charge in [-0.2, -0.15) is 9.29 Å². The van der Waals surface area contributed by atoms with Crippen molar-refractivity contribution in [2.24, 2.45) is 0 Å². The minimum Gasteiger partial charge on any atom is -0.368 e. The largest absolute Gasteiger partial charge is 0.368 e. The smallest absolute Gasteiger partial charge is 0.246 e. The maximum Gasteiger partial charge on any atom is 0.246 e. The molecular weight excluding hydrogens is 232 g/mol. The van der Waals surface area contributed by atoms with Gasteiger partial charge in [0.2, 0.25) is 21.9 Å². The fourth-order valence-corrected chi connectivity index (χ4v) is 2.45. The first-order chi connectivity index (χ1) is 7.47. The van der Waals surface area contributed by atoms with E-state index in [9.17, 15) is 8.42 Å². The first kappa shape index (κ1) is 11.1. The van der Waals surface area contributed by atoms with Crippen LogP contribution in [0, 0.1) is 0 Å². The summed E-state index contributed by atoms with van der Waals surface area (Å²) in [4.78, 5) is 5.89. The minimum absolute atomic E-state index is 0.264. The van der Waals surface area contributed by atoms with Gasteiger partial charge >= 0.3 is 0 Å². The van der Waals surface area contributed by atoms with Gasteiger partial charge in [-0.05, 0) is 0 Å². The molecule has 0 radical (unpaired) electrons. The third kappa shape index (κ3) is 2.25. The van der Waals surface area contributed by atoms with Crippen LogP contribution >= 0.6 is 0 Å². The number of hydrogen-bond donors (Lipinski definition) is 2. The Morgan fingerprint density at radius 1 is 1.31 bits per heavy atom. The minimum atomic E-state index is -3.09. The summed E-state index contributed by atoms with van der Waals surface area (Å²) in [6, 6.07) is 0. The number of nitrogens with one attached hydrogen (secondary N) is 1. The van der Waals surface area contributed by atoms with Crippen molar-refractivity contribution < 1.29 is 8.42 Å². The Morgan fingerprint density at radius 3 is 2.38 bits per heavy atom. The Morgan fingerprint density at radius 2 is 1.94 bits per heavy atom. The van der Waals surface area contributed by atoms with E-state index in [-0.39, 0.29) is 5.95 Å². The molecule has 90 valence electrons. The molecule has 0 bridgehead atoms. The zero-order valence-electron chi connectivity index (χ0n) is 8.92. The molecular formula is C7H14N6O2S. The van der Waals surface area contributed by atoms with Gasteiger partial charge in [-0.1, -0.05) is 0 Å². The van der Waals surface area contributed by atoms with Crippen LogP contribution in [0.1, 0.15) is 0 Å². The lowest BCUT2D eigenvalue weighted by Crippen LogP contribution is -2.48. The molecule has 0 saturated carbocycles. The molecule has 1 aromatic heterocycles. The third-order valence-electron chi connectivity index (χ3n) is 2.48. The topological polar surface area (TPSA) is 108 Å². The molecule has 1 saturated heterocycles. The number of rotatable bonds is 2. The highest BCUT2D eigenvalue weighted by Gasteiger charge is 2.24. The fourth-order valence-electron chi connectivity index (χ4n) is 1.63. The Hall–Kier alpha value is -1.35. The van der Waals surface area contributed by atoms with E-state index in [1.165, 1.54) is 10.6 Å². The predicted molar refractivity (Wildman–Crippen MR) is 59.4 cm³/mol. The second-order valence-electron chi connectivity index (χ2n) is 3.67. The quantitative estimate of drug-likeness (QED) is 0.655. The molecule has 2 heterocycles. The molecule has 3 N–H and O–H groups in total. The van der Waals surface area contributed by atoms with Gasteiger partial charge in [0.1, 0.15) is 0 Å². The average molecular weight is 246 g/mol. The number of anilines is 2. The van der Waals surface area contributed by atoms with E-state index < -0.39 is 10.0 Å². The van der Waals surface area contributed by atoms with Crippen molar-refractivity contribution in [2.45, 2.75) is 0 Å². The van der Waals surface area contributed by atoms with Gasteiger partial charge in [0, 0.05) is 26.2 Å². The van der Waals surface area contributed by atoms with Gasteiger partial charge in [0.25, 0.3) is 0 Å². The first-order valence-electron chi connectivity index (χ1n) is 4.85. The van der Waals surface area contributed by atoms with Crippen LogP contribution < -0.4 is 10.6 Å². The van der Waals surface area contributed by atoms with E-state index in [0.717, 1.165) is 0 Å². The van der Waals surface area contributed by atoms with Crippen LogP contribution in [-0.2, 0) is 10.0 Å². The summed E-state index contributed by atoms with van der Waals surface area (Å²) in [6.45, 7) is 2.05. The Bertz CT molecular complexity index is 461. The molecule has 0 aromatic carbocycles. The van der Waals surface area contributed by atoms with Gasteiger partial charge in [-0.15, -0.1) is 5.10 Å². The Balaban J connectivity index is 2.00. The van der Waals surface area contributed by atoms with Crippen molar-refractivity contribution in [2.75, 3.05) is 43.1 Å². The number of piperazine rings is 1. The SMILES string of the molecule is CS(=O)(=O)N1CCN(c2n[nH]c(N)n2)CC1. The van der Waals surface area contributed by atoms with Gasteiger partial charge in [0.05, 0.1) is 6.26 Å². The third-order valence-corrected chi connectivity index (χ3v) is 3.78. The number of nitrogens with two attached hydrogens (primary N) is 1. The second-order valence-corrected chi connectivity index (χ2v) is 5.65. The normalized spacial score (nSPS) is 18.9. The monoisotopic (exact) mass is 246 g/mol. The summed E-state index contributed by atoms with van der Waals surface area (Å²) in [5.41, 5.74) is 5.42. The van der Waals surface area contributed by atoms with Gasteiger partial charge in [-0.3, -0.25) is 0 Å². The van der Waals surface area contributed by atoms with Crippen molar-refractivity contribution in [3.8, 4) is 0 Å². The number of sulfonamides is 1. The lowest BCUT2D eigenvalue weighted by Gasteiger charge is -2.32. The van der Waals surface area contributed by atoms with Crippen LogP contribution in [0.5, 0.6) is 0 Å². The maximum atomic E-state index is 11.3. The number of nitrogens with zero attached hydrogens (tertiary/aromatic N) is 4. The number of nitrogen functional groups attached to an aromatic ring is 1. The van der Waals surface area contributed by atoms with E-state index in [4.69, 9.17) is 5.73 Å². The summed E-state index contributed by atoms with van der Waals surface area (Å²) in [5.74, 6) is 0.784. The molecule has 1 aliphatic heterocycles. The number of H-pyrrole nitrogens is 1. The summed E-state index contributed by atoms with van der Waals surface area (Å²) < 4.78 is 24.0. The average Bonchev–Trinajstić information content (AvgIpc) is 2.64. The molecule has 1 fully saturated rings. The maximum absolute atomic E-state index is 11.3. The lowest BCUT2D eigenvalue weighted by atomic mass is 10.4. The lowest BCUT2D eigenvalue weighted by molar-refractivity contribution is 0.386. The van der Waals surface area contributed by atoms with Crippen LogP contribution in [0.2, 0.25) is 0 Å². The van der Waals surface area contributed by atoms with Crippen molar-refractivity contribution >= 4 is 21.9 Å². The van der Waals surface area contributed by atoms with E-state index in [2.05, 4.69) is 15.2 Å². The molecule has 0 amide bonds. The molecule has 2 rings (SSSR count). The van der Waals surface area contributed by atoms with Crippen LogP contribution in [0.3, 0.4) is 0 Å². The predicted octanol–water partition coefficient (Wildman–Crippen LogP) is -1.53.